The molecule has 1 aromatic heterocycles. The first kappa shape index (κ1) is 12.2. The zero-order valence-corrected chi connectivity index (χ0v) is 9.56. The Morgan fingerprint density at radius 3 is 2.94 bits per heavy atom. The predicted octanol–water partition coefficient (Wildman–Crippen LogP) is -0.936. The molecule has 96 valence electrons. The maximum absolute atomic E-state index is 12.1. The summed E-state index contributed by atoms with van der Waals surface area (Å²) in [4.78, 5) is 21.2. The van der Waals surface area contributed by atoms with Gasteiger partial charge in [-0.25, -0.2) is 9.97 Å². The molecule has 0 radical (unpaired) electrons. The van der Waals surface area contributed by atoms with E-state index in [2.05, 4.69) is 15.1 Å². The summed E-state index contributed by atoms with van der Waals surface area (Å²) in [6.07, 6.45) is 3.67. The molecule has 1 unspecified atom stereocenters. The van der Waals surface area contributed by atoms with Crippen molar-refractivity contribution in [1.82, 2.24) is 14.9 Å². The second-order valence-electron chi connectivity index (χ2n) is 3.76. The fourth-order valence-corrected chi connectivity index (χ4v) is 1.67. The molecule has 1 atom stereocenters. The Kier molecular flexibility index (Phi) is 3.68. The van der Waals surface area contributed by atoms with Crippen molar-refractivity contribution in [3.05, 3.63) is 24.3 Å². The van der Waals surface area contributed by atoms with Gasteiger partial charge in [0.05, 0.1) is 18.7 Å². The minimum atomic E-state index is -0.586. The lowest BCUT2D eigenvalue weighted by atomic mass is 10.2. The highest BCUT2D eigenvalue weighted by atomic mass is 16.5. The lowest BCUT2D eigenvalue weighted by Gasteiger charge is -2.32. The summed E-state index contributed by atoms with van der Waals surface area (Å²) in [6, 6.07) is 0. The third-order valence-electron chi connectivity index (χ3n) is 2.61. The van der Waals surface area contributed by atoms with E-state index in [-0.39, 0.29) is 18.3 Å². The van der Waals surface area contributed by atoms with Crippen LogP contribution in [0.5, 0.6) is 0 Å². The van der Waals surface area contributed by atoms with Crippen LogP contribution in [0.15, 0.2) is 23.9 Å². The molecule has 2 heterocycles. The zero-order valence-electron chi connectivity index (χ0n) is 9.56. The number of carbonyl (C=O) groups is 1. The molecule has 1 aliphatic heterocycles. The summed E-state index contributed by atoms with van der Waals surface area (Å²) in [6.45, 7) is 1.02. The maximum Gasteiger partial charge on any atom is 0.257 e. The summed E-state index contributed by atoms with van der Waals surface area (Å²) in [5.41, 5.74) is 5.86. The smallest absolute Gasteiger partial charge is 0.257 e. The van der Waals surface area contributed by atoms with E-state index in [4.69, 9.17) is 15.7 Å². The van der Waals surface area contributed by atoms with Crippen LogP contribution in [0.1, 0.15) is 10.4 Å². The molecule has 1 amide bonds. The molecule has 0 bridgehead atoms. The van der Waals surface area contributed by atoms with Gasteiger partial charge in [0.15, 0.2) is 5.84 Å². The molecule has 0 spiro atoms. The first-order valence-corrected chi connectivity index (χ1v) is 5.35. The highest BCUT2D eigenvalue weighted by molar-refractivity contribution is 5.94. The number of oxime groups is 1. The minimum absolute atomic E-state index is 0.0446. The third kappa shape index (κ3) is 2.54. The monoisotopic (exact) mass is 251 g/mol. The Bertz CT molecular complexity index is 450. The Hall–Kier alpha value is -2.22. The number of hydrogen-bond acceptors (Lipinski definition) is 6. The van der Waals surface area contributed by atoms with Gasteiger partial charge in [-0.1, -0.05) is 5.16 Å². The van der Waals surface area contributed by atoms with E-state index in [0.29, 0.717) is 18.7 Å². The van der Waals surface area contributed by atoms with Crippen molar-refractivity contribution in [3.63, 3.8) is 0 Å². The van der Waals surface area contributed by atoms with Gasteiger partial charge in [0.1, 0.15) is 12.4 Å². The number of ether oxygens (including phenoxy) is 1. The highest BCUT2D eigenvalue weighted by Gasteiger charge is 2.27. The number of amides is 1. The van der Waals surface area contributed by atoms with Crippen molar-refractivity contribution >= 4 is 11.7 Å². The molecule has 8 heteroatoms. The van der Waals surface area contributed by atoms with Crippen molar-refractivity contribution in [3.8, 4) is 0 Å². The summed E-state index contributed by atoms with van der Waals surface area (Å²) < 4.78 is 5.31. The van der Waals surface area contributed by atoms with Crippen LogP contribution in [0.4, 0.5) is 0 Å². The Labute approximate surface area is 103 Å². The fraction of sp³-hybridized carbons (Fsp3) is 0.400. The second-order valence-corrected chi connectivity index (χ2v) is 3.76. The molecule has 18 heavy (non-hydrogen) atoms. The average molecular weight is 251 g/mol. The summed E-state index contributed by atoms with van der Waals surface area (Å²) in [5.74, 6) is -0.244. The van der Waals surface area contributed by atoms with E-state index < -0.39 is 6.10 Å². The second kappa shape index (κ2) is 5.41. The number of morpholine rings is 1. The molecule has 1 saturated heterocycles. The Morgan fingerprint density at radius 1 is 1.56 bits per heavy atom. The number of carbonyl (C=O) groups excluding carboxylic acids is 1. The molecule has 1 aromatic rings. The summed E-state index contributed by atoms with van der Waals surface area (Å²) in [5, 5.41) is 11.5. The number of nitrogens with zero attached hydrogens (tertiary/aromatic N) is 4. The molecule has 0 aromatic carbocycles. The normalized spacial score (nSPS) is 20.8. The standard InChI is InChI=1S/C10H13N5O3/c11-9(14-17)8-5-15(1-2-18-8)10(16)7-3-12-6-13-4-7/h3-4,6,8,17H,1-2,5H2,(H2,11,14). The Morgan fingerprint density at radius 2 is 2.28 bits per heavy atom. The molecular formula is C10H13N5O3. The third-order valence-corrected chi connectivity index (χ3v) is 2.61. The number of amidine groups is 1. The lowest BCUT2D eigenvalue weighted by Crippen LogP contribution is -2.50. The predicted molar refractivity (Wildman–Crippen MR) is 61.1 cm³/mol. The first-order valence-electron chi connectivity index (χ1n) is 5.35. The van der Waals surface area contributed by atoms with Crippen molar-refractivity contribution in [1.29, 1.82) is 0 Å². The molecule has 1 fully saturated rings. The van der Waals surface area contributed by atoms with Crippen molar-refractivity contribution in [2.24, 2.45) is 10.9 Å². The highest BCUT2D eigenvalue weighted by Crippen LogP contribution is 2.09. The van der Waals surface area contributed by atoms with Crippen LogP contribution in [0, 0.1) is 0 Å². The van der Waals surface area contributed by atoms with Gasteiger partial charge in [-0.05, 0) is 0 Å². The summed E-state index contributed by atoms with van der Waals surface area (Å²) in [7, 11) is 0. The van der Waals surface area contributed by atoms with Crippen molar-refractivity contribution in [2.75, 3.05) is 19.7 Å². The van der Waals surface area contributed by atoms with Gasteiger partial charge in [0, 0.05) is 18.9 Å². The average Bonchev–Trinajstić information content (AvgIpc) is 2.46. The van der Waals surface area contributed by atoms with E-state index in [1.165, 1.54) is 18.7 Å². The number of rotatable bonds is 2. The van der Waals surface area contributed by atoms with Gasteiger partial charge in [-0.2, -0.15) is 0 Å². The zero-order chi connectivity index (χ0) is 13.0. The van der Waals surface area contributed by atoms with Gasteiger partial charge >= 0.3 is 0 Å². The van der Waals surface area contributed by atoms with Crippen LogP contribution < -0.4 is 5.73 Å². The van der Waals surface area contributed by atoms with Crippen LogP contribution >= 0.6 is 0 Å². The first-order chi connectivity index (χ1) is 8.72. The van der Waals surface area contributed by atoms with Gasteiger partial charge in [0.25, 0.3) is 5.91 Å². The van der Waals surface area contributed by atoms with Crippen LogP contribution in [-0.2, 0) is 4.74 Å². The van der Waals surface area contributed by atoms with E-state index in [9.17, 15) is 4.79 Å². The van der Waals surface area contributed by atoms with E-state index in [1.54, 1.807) is 4.90 Å². The molecule has 0 aliphatic carbocycles. The maximum atomic E-state index is 12.1. The lowest BCUT2D eigenvalue weighted by molar-refractivity contribution is 0.00671. The quantitative estimate of drug-likeness (QED) is 0.303. The molecule has 1 aliphatic rings. The van der Waals surface area contributed by atoms with Crippen LogP contribution in [0.3, 0.4) is 0 Å². The molecule has 8 nitrogen and oxygen atoms in total. The van der Waals surface area contributed by atoms with Crippen LogP contribution in [0.25, 0.3) is 0 Å². The van der Waals surface area contributed by atoms with Gasteiger partial charge < -0.3 is 20.6 Å². The van der Waals surface area contributed by atoms with Gasteiger partial charge in [-0.3, -0.25) is 4.79 Å². The summed E-state index contributed by atoms with van der Waals surface area (Å²) >= 11 is 0. The SMILES string of the molecule is NC(=NO)C1CN(C(=O)c2cncnc2)CCO1. The van der Waals surface area contributed by atoms with E-state index in [1.807, 2.05) is 0 Å². The molecule has 2 rings (SSSR count). The van der Waals surface area contributed by atoms with Crippen molar-refractivity contribution in [2.45, 2.75) is 6.10 Å². The molecule has 3 N–H and O–H groups in total. The molecular weight excluding hydrogens is 238 g/mol. The van der Waals surface area contributed by atoms with Gasteiger partial charge in [0.2, 0.25) is 0 Å². The number of aromatic nitrogens is 2. The van der Waals surface area contributed by atoms with E-state index >= 15 is 0 Å². The van der Waals surface area contributed by atoms with E-state index in [0.717, 1.165) is 0 Å². The largest absolute Gasteiger partial charge is 0.409 e. The van der Waals surface area contributed by atoms with Crippen molar-refractivity contribution < 1.29 is 14.7 Å². The van der Waals surface area contributed by atoms with Crippen LogP contribution in [-0.4, -0.2) is 57.6 Å². The fourth-order valence-electron chi connectivity index (χ4n) is 1.67. The number of hydrogen-bond donors (Lipinski definition) is 2. The van der Waals surface area contributed by atoms with Gasteiger partial charge in [-0.15, -0.1) is 0 Å². The van der Waals surface area contributed by atoms with Crippen LogP contribution in [0.2, 0.25) is 0 Å². The minimum Gasteiger partial charge on any atom is -0.409 e. The number of nitrogens with two attached hydrogens (primary N) is 1. The Balaban J connectivity index is 2.08. The topological polar surface area (TPSA) is 114 Å². The molecule has 0 saturated carbocycles.